The highest BCUT2D eigenvalue weighted by atomic mass is 35.5. The van der Waals surface area contributed by atoms with E-state index in [0.29, 0.717) is 0 Å². The fourth-order valence-corrected chi connectivity index (χ4v) is 2.03. The number of halogens is 3. The van der Waals surface area contributed by atoms with Crippen molar-refractivity contribution >= 4 is 28.9 Å². The molecule has 0 N–H and O–H groups in total. The van der Waals surface area contributed by atoms with Gasteiger partial charge in [0.1, 0.15) is 11.6 Å². The lowest BCUT2D eigenvalue weighted by atomic mass is 10.2. The highest BCUT2D eigenvalue weighted by Gasteiger charge is 2.18. The third-order valence-electron chi connectivity index (χ3n) is 2.55. The van der Waals surface area contributed by atoms with Crippen LogP contribution < -0.4 is 4.74 Å². The molecule has 2 rings (SSSR count). The highest BCUT2D eigenvalue weighted by molar-refractivity contribution is 6.30. The van der Waals surface area contributed by atoms with E-state index in [1.165, 1.54) is 30.3 Å². The van der Waals surface area contributed by atoms with Crippen molar-refractivity contribution in [3.63, 3.8) is 0 Å². The number of nitrogens with zero attached hydrogens (tertiary/aromatic N) is 1. The van der Waals surface area contributed by atoms with E-state index in [0.717, 1.165) is 6.07 Å². The molecule has 4 nitrogen and oxygen atoms in total. The summed E-state index contributed by atoms with van der Waals surface area (Å²) in [5, 5.41) is 11.2. The largest absolute Gasteiger partial charge is 0.450 e. The summed E-state index contributed by atoms with van der Waals surface area (Å²) >= 11 is 11.4. The summed E-state index contributed by atoms with van der Waals surface area (Å²) in [5.74, 6) is -0.542. The molecule has 20 heavy (non-hydrogen) atoms. The van der Waals surface area contributed by atoms with E-state index in [4.69, 9.17) is 27.9 Å². The molecule has 0 bridgehead atoms. The summed E-state index contributed by atoms with van der Waals surface area (Å²) in [6.07, 6.45) is 0. The van der Waals surface area contributed by atoms with Gasteiger partial charge >= 0.3 is 5.69 Å². The van der Waals surface area contributed by atoms with Crippen LogP contribution in [0.4, 0.5) is 10.1 Å². The van der Waals surface area contributed by atoms with E-state index >= 15 is 0 Å². The molecule has 2 aromatic carbocycles. The summed E-state index contributed by atoms with van der Waals surface area (Å²) in [4.78, 5) is 10.3. The van der Waals surface area contributed by atoms with E-state index in [-0.39, 0.29) is 33.7 Å². The number of benzene rings is 2. The van der Waals surface area contributed by atoms with Gasteiger partial charge in [-0.25, -0.2) is 4.39 Å². The SMILES string of the molecule is O=[N+]([O-])c1cc(Cl)ccc1Oc1cccc(F)c1CCl. The van der Waals surface area contributed by atoms with Crippen molar-refractivity contribution < 1.29 is 14.1 Å². The van der Waals surface area contributed by atoms with Gasteiger partial charge in [0.05, 0.1) is 10.8 Å². The lowest BCUT2D eigenvalue weighted by molar-refractivity contribution is -0.385. The predicted molar refractivity (Wildman–Crippen MR) is 74.1 cm³/mol. The minimum atomic E-state index is -0.624. The Bertz CT molecular complexity index is 664. The van der Waals surface area contributed by atoms with Crippen molar-refractivity contribution in [2.45, 2.75) is 5.88 Å². The summed E-state index contributed by atoms with van der Waals surface area (Å²) in [6.45, 7) is 0. The van der Waals surface area contributed by atoms with Crippen molar-refractivity contribution in [1.82, 2.24) is 0 Å². The fourth-order valence-electron chi connectivity index (χ4n) is 1.60. The van der Waals surface area contributed by atoms with Crippen LogP contribution in [0.5, 0.6) is 11.5 Å². The minimum Gasteiger partial charge on any atom is -0.450 e. The second-order valence-electron chi connectivity index (χ2n) is 3.82. The Hall–Kier alpha value is -1.85. The standard InChI is InChI=1S/C13H8Cl2FNO3/c14-7-9-10(16)2-1-3-12(9)20-13-5-4-8(15)6-11(13)17(18)19/h1-6H,7H2. The van der Waals surface area contributed by atoms with Crippen LogP contribution in [0, 0.1) is 15.9 Å². The van der Waals surface area contributed by atoms with E-state index in [2.05, 4.69) is 0 Å². The molecule has 0 heterocycles. The van der Waals surface area contributed by atoms with Crippen molar-refractivity contribution in [2.24, 2.45) is 0 Å². The Morgan fingerprint density at radius 1 is 1.25 bits per heavy atom. The Kier molecular flexibility index (Phi) is 4.42. The Balaban J connectivity index is 2.45. The first-order chi connectivity index (χ1) is 9.52. The number of ether oxygens (including phenoxy) is 1. The molecule has 2 aromatic rings. The quantitative estimate of drug-likeness (QED) is 0.457. The predicted octanol–water partition coefficient (Wildman–Crippen LogP) is 4.92. The Morgan fingerprint density at radius 3 is 2.65 bits per heavy atom. The van der Waals surface area contributed by atoms with Crippen molar-refractivity contribution in [3.8, 4) is 11.5 Å². The van der Waals surface area contributed by atoms with E-state index in [1.807, 2.05) is 0 Å². The number of hydrogen-bond acceptors (Lipinski definition) is 3. The molecule has 0 atom stereocenters. The van der Waals surface area contributed by atoms with Crippen LogP contribution in [-0.2, 0) is 5.88 Å². The van der Waals surface area contributed by atoms with Crippen molar-refractivity contribution in [3.05, 3.63) is 62.9 Å². The zero-order valence-electron chi connectivity index (χ0n) is 9.98. The molecule has 7 heteroatoms. The van der Waals surface area contributed by atoms with Gasteiger partial charge in [0, 0.05) is 16.7 Å². The van der Waals surface area contributed by atoms with Crippen molar-refractivity contribution in [1.29, 1.82) is 0 Å². The molecule has 0 fully saturated rings. The maximum Gasteiger partial charge on any atom is 0.313 e. The van der Waals surface area contributed by atoms with Crippen LogP contribution in [0.2, 0.25) is 5.02 Å². The van der Waals surface area contributed by atoms with Gasteiger partial charge in [-0.2, -0.15) is 0 Å². The highest BCUT2D eigenvalue weighted by Crippen LogP contribution is 2.35. The van der Waals surface area contributed by atoms with Gasteiger partial charge in [-0.3, -0.25) is 10.1 Å². The third kappa shape index (κ3) is 3.00. The zero-order valence-corrected chi connectivity index (χ0v) is 11.5. The smallest absolute Gasteiger partial charge is 0.313 e. The third-order valence-corrected chi connectivity index (χ3v) is 3.05. The average Bonchev–Trinajstić information content (AvgIpc) is 2.41. The van der Waals surface area contributed by atoms with Crippen LogP contribution in [-0.4, -0.2) is 4.92 Å². The first-order valence-corrected chi connectivity index (χ1v) is 6.39. The summed E-state index contributed by atoms with van der Waals surface area (Å²) < 4.78 is 19.0. The van der Waals surface area contributed by atoms with Gasteiger partial charge in [-0.15, -0.1) is 11.6 Å². The lowest BCUT2D eigenvalue weighted by Crippen LogP contribution is -1.97. The van der Waals surface area contributed by atoms with Gasteiger partial charge in [0.15, 0.2) is 0 Å². The van der Waals surface area contributed by atoms with Crippen LogP contribution in [0.3, 0.4) is 0 Å². The molecule has 0 spiro atoms. The van der Waals surface area contributed by atoms with Crippen LogP contribution in [0.15, 0.2) is 36.4 Å². The molecule has 0 amide bonds. The van der Waals surface area contributed by atoms with Gasteiger partial charge in [0.2, 0.25) is 5.75 Å². The number of nitro groups is 1. The van der Waals surface area contributed by atoms with Gasteiger partial charge in [0.25, 0.3) is 0 Å². The normalized spacial score (nSPS) is 10.3. The first-order valence-electron chi connectivity index (χ1n) is 5.48. The number of rotatable bonds is 4. The maximum absolute atomic E-state index is 13.6. The van der Waals surface area contributed by atoms with Gasteiger partial charge in [-0.05, 0) is 24.3 Å². The Morgan fingerprint density at radius 2 is 2.00 bits per heavy atom. The average molecular weight is 316 g/mol. The van der Waals surface area contributed by atoms with E-state index in [1.54, 1.807) is 0 Å². The maximum atomic E-state index is 13.6. The molecule has 0 aliphatic rings. The van der Waals surface area contributed by atoms with Crippen LogP contribution >= 0.6 is 23.2 Å². The second kappa shape index (κ2) is 6.07. The number of hydrogen-bond donors (Lipinski definition) is 0. The van der Waals surface area contributed by atoms with Crippen LogP contribution in [0.1, 0.15) is 5.56 Å². The molecule has 104 valence electrons. The molecule has 0 saturated carbocycles. The fraction of sp³-hybridized carbons (Fsp3) is 0.0769. The minimum absolute atomic E-state index is 0.0311. The summed E-state index contributed by atoms with van der Waals surface area (Å²) in [6, 6.07) is 8.12. The molecule has 0 aromatic heterocycles. The molecule has 0 aliphatic carbocycles. The first kappa shape index (κ1) is 14.6. The molecule has 0 aliphatic heterocycles. The second-order valence-corrected chi connectivity index (χ2v) is 4.53. The van der Waals surface area contributed by atoms with Gasteiger partial charge < -0.3 is 4.74 Å². The molecule has 0 unspecified atom stereocenters. The monoisotopic (exact) mass is 315 g/mol. The van der Waals surface area contributed by atoms with Crippen molar-refractivity contribution in [2.75, 3.05) is 0 Å². The molecule has 0 saturated heterocycles. The number of nitro benzene ring substituents is 1. The van der Waals surface area contributed by atoms with E-state index < -0.39 is 10.7 Å². The molecular weight excluding hydrogens is 308 g/mol. The number of alkyl halides is 1. The summed E-state index contributed by atoms with van der Waals surface area (Å²) in [7, 11) is 0. The van der Waals surface area contributed by atoms with E-state index in [9.17, 15) is 14.5 Å². The zero-order chi connectivity index (χ0) is 14.7. The summed E-state index contributed by atoms with van der Waals surface area (Å²) in [5.41, 5.74) is -0.166. The lowest BCUT2D eigenvalue weighted by Gasteiger charge is -2.10. The van der Waals surface area contributed by atoms with Gasteiger partial charge in [-0.1, -0.05) is 17.7 Å². The molecule has 0 radical (unpaired) electrons. The molecular formula is C13H8Cl2FNO3. The van der Waals surface area contributed by atoms with Crippen LogP contribution in [0.25, 0.3) is 0 Å². The topological polar surface area (TPSA) is 52.4 Å². The Labute approximate surface area is 123 Å².